The van der Waals surface area contributed by atoms with Gasteiger partial charge in [0.1, 0.15) is 11.3 Å². The SMILES string of the molecule is CCOC(=O)c1ccc(Oc2nc(C)cc3c2C(=O)NC3=O)cc1. The summed E-state index contributed by atoms with van der Waals surface area (Å²) in [6.07, 6.45) is 0. The Morgan fingerprint density at radius 3 is 2.54 bits per heavy atom. The molecule has 2 heterocycles. The first-order valence-electron chi connectivity index (χ1n) is 7.32. The second-order valence-corrected chi connectivity index (χ2v) is 5.12. The summed E-state index contributed by atoms with van der Waals surface area (Å²) in [6.45, 7) is 3.72. The Kier molecular flexibility index (Phi) is 3.99. The molecule has 1 aliphatic rings. The average Bonchev–Trinajstić information content (AvgIpc) is 2.82. The number of aromatic nitrogens is 1. The van der Waals surface area contributed by atoms with Gasteiger partial charge in [-0.1, -0.05) is 0 Å². The van der Waals surface area contributed by atoms with E-state index in [1.54, 1.807) is 38.1 Å². The topological polar surface area (TPSA) is 94.6 Å². The molecule has 0 saturated heterocycles. The number of fused-ring (bicyclic) bond motifs is 1. The molecular weight excluding hydrogens is 312 g/mol. The zero-order valence-electron chi connectivity index (χ0n) is 13.1. The highest BCUT2D eigenvalue weighted by molar-refractivity contribution is 6.22. The van der Waals surface area contributed by atoms with Crippen LogP contribution in [0.5, 0.6) is 11.6 Å². The maximum atomic E-state index is 11.9. The fourth-order valence-electron chi connectivity index (χ4n) is 2.34. The normalized spacial score (nSPS) is 12.6. The molecule has 7 nitrogen and oxygen atoms in total. The van der Waals surface area contributed by atoms with Crippen LogP contribution in [-0.4, -0.2) is 29.4 Å². The molecule has 0 saturated carbocycles. The van der Waals surface area contributed by atoms with E-state index in [4.69, 9.17) is 9.47 Å². The lowest BCUT2D eigenvalue weighted by Crippen LogP contribution is -2.20. The molecule has 0 unspecified atom stereocenters. The molecule has 2 aromatic rings. The number of ether oxygens (including phenoxy) is 2. The highest BCUT2D eigenvalue weighted by Gasteiger charge is 2.32. The summed E-state index contributed by atoms with van der Waals surface area (Å²) in [7, 11) is 0. The van der Waals surface area contributed by atoms with Crippen LogP contribution in [0.25, 0.3) is 0 Å². The number of hydrogen-bond donors (Lipinski definition) is 1. The minimum absolute atomic E-state index is 0.0530. The van der Waals surface area contributed by atoms with Crippen molar-refractivity contribution in [2.24, 2.45) is 0 Å². The molecule has 1 aromatic heterocycles. The van der Waals surface area contributed by atoms with Crippen LogP contribution in [0.3, 0.4) is 0 Å². The van der Waals surface area contributed by atoms with Crippen molar-refractivity contribution >= 4 is 17.8 Å². The summed E-state index contributed by atoms with van der Waals surface area (Å²) >= 11 is 0. The first-order valence-corrected chi connectivity index (χ1v) is 7.32. The predicted octanol–water partition coefficient (Wildman–Crippen LogP) is 2.24. The van der Waals surface area contributed by atoms with Crippen molar-refractivity contribution in [3.8, 4) is 11.6 Å². The highest BCUT2D eigenvalue weighted by Crippen LogP contribution is 2.29. The van der Waals surface area contributed by atoms with E-state index in [-0.39, 0.29) is 17.0 Å². The third-order valence-corrected chi connectivity index (χ3v) is 3.39. The summed E-state index contributed by atoms with van der Waals surface area (Å²) in [4.78, 5) is 39.5. The Labute approximate surface area is 137 Å². The van der Waals surface area contributed by atoms with E-state index in [9.17, 15) is 14.4 Å². The molecule has 0 aliphatic carbocycles. The van der Waals surface area contributed by atoms with Gasteiger partial charge in [-0.25, -0.2) is 9.78 Å². The van der Waals surface area contributed by atoms with Gasteiger partial charge >= 0.3 is 5.97 Å². The molecular formula is C17H14N2O5. The quantitative estimate of drug-likeness (QED) is 0.684. The highest BCUT2D eigenvalue weighted by atomic mass is 16.5. The number of benzene rings is 1. The van der Waals surface area contributed by atoms with E-state index < -0.39 is 17.8 Å². The van der Waals surface area contributed by atoms with Crippen molar-refractivity contribution < 1.29 is 23.9 Å². The second kappa shape index (κ2) is 6.11. The Morgan fingerprint density at radius 2 is 1.88 bits per heavy atom. The lowest BCUT2D eigenvalue weighted by molar-refractivity contribution is 0.0526. The summed E-state index contributed by atoms with van der Waals surface area (Å²) in [5.74, 6) is -1.00. The van der Waals surface area contributed by atoms with Gasteiger partial charge in [-0.3, -0.25) is 14.9 Å². The Balaban J connectivity index is 1.90. The Hall–Kier alpha value is -3.22. The molecule has 1 aliphatic heterocycles. The van der Waals surface area contributed by atoms with Crippen molar-refractivity contribution in [1.82, 2.24) is 10.3 Å². The largest absolute Gasteiger partial charge is 0.462 e. The first-order chi connectivity index (χ1) is 11.5. The zero-order chi connectivity index (χ0) is 17.3. The number of carbonyl (C=O) groups excluding carboxylic acids is 3. The van der Waals surface area contributed by atoms with E-state index in [0.717, 1.165) is 0 Å². The standard InChI is InChI=1S/C17H14N2O5/c1-3-23-17(22)10-4-6-11(7-5-10)24-16-13-12(8-9(2)18-16)14(20)19-15(13)21/h4-8H,3H2,1-2H3,(H,19,20,21). The molecule has 1 aromatic carbocycles. The third-order valence-electron chi connectivity index (χ3n) is 3.39. The van der Waals surface area contributed by atoms with Crippen molar-refractivity contribution in [2.75, 3.05) is 6.61 Å². The number of nitrogens with zero attached hydrogens (tertiary/aromatic N) is 1. The zero-order valence-corrected chi connectivity index (χ0v) is 13.1. The van der Waals surface area contributed by atoms with Gasteiger partial charge in [0.15, 0.2) is 0 Å². The number of hydrogen-bond acceptors (Lipinski definition) is 6. The van der Waals surface area contributed by atoms with E-state index in [1.165, 1.54) is 6.07 Å². The fraction of sp³-hybridized carbons (Fsp3) is 0.176. The number of carbonyl (C=O) groups is 3. The Bertz CT molecular complexity index is 843. The maximum Gasteiger partial charge on any atom is 0.338 e. The van der Waals surface area contributed by atoms with Crippen LogP contribution in [0, 0.1) is 6.92 Å². The van der Waals surface area contributed by atoms with E-state index in [1.807, 2.05) is 0 Å². The average molecular weight is 326 g/mol. The molecule has 0 spiro atoms. The number of esters is 1. The van der Waals surface area contributed by atoms with Crippen molar-refractivity contribution in [3.05, 3.63) is 52.7 Å². The molecule has 0 bridgehead atoms. The Morgan fingerprint density at radius 1 is 1.17 bits per heavy atom. The van der Waals surface area contributed by atoms with Crippen molar-refractivity contribution in [1.29, 1.82) is 0 Å². The summed E-state index contributed by atoms with van der Waals surface area (Å²) in [5.41, 5.74) is 1.29. The van der Waals surface area contributed by atoms with Crippen LogP contribution >= 0.6 is 0 Å². The number of aryl methyl sites for hydroxylation is 1. The molecule has 7 heteroatoms. The first kappa shape index (κ1) is 15.7. The van der Waals surface area contributed by atoms with Gasteiger partial charge in [0.05, 0.1) is 17.7 Å². The van der Waals surface area contributed by atoms with Gasteiger partial charge in [-0.05, 0) is 44.2 Å². The van der Waals surface area contributed by atoms with Gasteiger partial charge in [-0.15, -0.1) is 0 Å². The van der Waals surface area contributed by atoms with Crippen molar-refractivity contribution in [3.63, 3.8) is 0 Å². The number of nitrogens with one attached hydrogen (secondary N) is 1. The summed E-state index contributed by atoms with van der Waals surface area (Å²) < 4.78 is 10.5. The van der Waals surface area contributed by atoms with Crippen LogP contribution in [0.4, 0.5) is 0 Å². The second-order valence-electron chi connectivity index (χ2n) is 5.12. The van der Waals surface area contributed by atoms with Crippen LogP contribution in [0.15, 0.2) is 30.3 Å². The molecule has 0 fully saturated rings. The van der Waals surface area contributed by atoms with Crippen LogP contribution in [0.2, 0.25) is 0 Å². The number of rotatable bonds is 4. The van der Waals surface area contributed by atoms with Crippen LogP contribution < -0.4 is 10.1 Å². The van der Waals surface area contributed by atoms with Gasteiger partial charge in [0.25, 0.3) is 11.8 Å². The van der Waals surface area contributed by atoms with E-state index >= 15 is 0 Å². The molecule has 1 N–H and O–H groups in total. The van der Waals surface area contributed by atoms with Crippen molar-refractivity contribution in [2.45, 2.75) is 13.8 Å². The minimum Gasteiger partial charge on any atom is -0.462 e. The lowest BCUT2D eigenvalue weighted by atomic mass is 10.1. The molecule has 0 radical (unpaired) electrons. The fourth-order valence-corrected chi connectivity index (χ4v) is 2.34. The lowest BCUT2D eigenvalue weighted by Gasteiger charge is -2.09. The van der Waals surface area contributed by atoms with Crippen LogP contribution in [0.1, 0.15) is 43.7 Å². The smallest absolute Gasteiger partial charge is 0.338 e. The van der Waals surface area contributed by atoms with Crippen LogP contribution in [-0.2, 0) is 4.74 Å². The molecule has 122 valence electrons. The molecule has 2 amide bonds. The number of imide groups is 1. The number of amides is 2. The van der Waals surface area contributed by atoms with Gasteiger partial charge in [0, 0.05) is 5.69 Å². The van der Waals surface area contributed by atoms with E-state index in [2.05, 4.69) is 10.3 Å². The monoisotopic (exact) mass is 326 g/mol. The summed E-state index contributed by atoms with van der Waals surface area (Å²) in [6, 6.07) is 7.77. The summed E-state index contributed by atoms with van der Waals surface area (Å²) in [5, 5.41) is 2.21. The molecule has 24 heavy (non-hydrogen) atoms. The maximum absolute atomic E-state index is 11.9. The van der Waals surface area contributed by atoms with Gasteiger partial charge in [-0.2, -0.15) is 0 Å². The van der Waals surface area contributed by atoms with Gasteiger partial charge in [0.2, 0.25) is 5.88 Å². The molecule has 3 rings (SSSR count). The minimum atomic E-state index is -0.541. The predicted molar refractivity (Wildman–Crippen MR) is 83.2 cm³/mol. The molecule has 0 atom stereocenters. The van der Waals surface area contributed by atoms with Gasteiger partial charge < -0.3 is 9.47 Å². The number of pyridine rings is 1. The van der Waals surface area contributed by atoms with E-state index in [0.29, 0.717) is 23.6 Å². The third kappa shape index (κ3) is 2.83.